The number of hydrogen-bond donors (Lipinski definition) is 0. The van der Waals surface area contributed by atoms with Crippen LogP contribution in [0.2, 0.25) is 0 Å². The van der Waals surface area contributed by atoms with Crippen LogP contribution in [0.15, 0.2) is 71.5 Å². The number of hydrogen-bond acceptors (Lipinski definition) is 4. The van der Waals surface area contributed by atoms with Crippen molar-refractivity contribution >= 4 is 23.1 Å². The van der Waals surface area contributed by atoms with Gasteiger partial charge in [-0.25, -0.2) is 4.98 Å². The molecule has 0 saturated carbocycles. The standard InChI is InChI=1S/C25H22N2O3/c1-17-8-12-19(13-9-17)27-24(26-21-7-5-4-6-20(21)25(27)28)15-11-18-10-14-22(29-2)23(16-18)30-3/h4-16H,1-3H3/b15-11+. The average Bonchev–Trinajstić information content (AvgIpc) is 2.78. The summed E-state index contributed by atoms with van der Waals surface area (Å²) >= 11 is 0. The first-order valence-electron chi connectivity index (χ1n) is 9.59. The van der Waals surface area contributed by atoms with E-state index >= 15 is 0 Å². The number of aromatic nitrogens is 2. The van der Waals surface area contributed by atoms with Gasteiger partial charge in [-0.05, 0) is 55.0 Å². The summed E-state index contributed by atoms with van der Waals surface area (Å²) in [5.41, 5.74) is 3.37. The second-order valence-corrected chi connectivity index (χ2v) is 6.91. The van der Waals surface area contributed by atoms with Crippen LogP contribution < -0.4 is 15.0 Å². The maximum absolute atomic E-state index is 13.3. The second kappa shape index (κ2) is 8.25. The van der Waals surface area contributed by atoms with E-state index in [0.717, 1.165) is 16.8 Å². The van der Waals surface area contributed by atoms with Gasteiger partial charge >= 0.3 is 0 Å². The molecule has 4 rings (SSSR count). The number of rotatable bonds is 5. The molecule has 0 N–H and O–H groups in total. The summed E-state index contributed by atoms with van der Waals surface area (Å²) in [6.45, 7) is 2.02. The van der Waals surface area contributed by atoms with Crippen molar-refractivity contribution in [3.8, 4) is 17.2 Å². The highest BCUT2D eigenvalue weighted by Crippen LogP contribution is 2.28. The normalized spacial score (nSPS) is 11.2. The average molecular weight is 398 g/mol. The van der Waals surface area contributed by atoms with Crippen LogP contribution in [-0.4, -0.2) is 23.8 Å². The van der Waals surface area contributed by atoms with Crippen molar-refractivity contribution in [1.82, 2.24) is 9.55 Å². The van der Waals surface area contributed by atoms with E-state index in [9.17, 15) is 4.79 Å². The molecule has 0 fully saturated rings. The topological polar surface area (TPSA) is 53.3 Å². The fraction of sp³-hybridized carbons (Fsp3) is 0.120. The molecular weight excluding hydrogens is 376 g/mol. The van der Waals surface area contributed by atoms with Crippen LogP contribution in [0.25, 0.3) is 28.7 Å². The van der Waals surface area contributed by atoms with Crippen molar-refractivity contribution in [2.75, 3.05) is 14.2 Å². The first-order valence-corrected chi connectivity index (χ1v) is 9.59. The molecule has 0 spiro atoms. The number of nitrogens with zero attached hydrogens (tertiary/aromatic N) is 2. The van der Waals surface area contributed by atoms with Crippen LogP contribution in [0.1, 0.15) is 17.0 Å². The third-order valence-electron chi connectivity index (χ3n) is 4.93. The largest absolute Gasteiger partial charge is 0.493 e. The minimum atomic E-state index is -0.101. The molecule has 5 nitrogen and oxygen atoms in total. The zero-order valence-electron chi connectivity index (χ0n) is 17.1. The van der Waals surface area contributed by atoms with Crippen LogP contribution in [0.4, 0.5) is 0 Å². The molecule has 0 aliphatic rings. The smallest absolute Gasteiger partial charge is 0.266 e. The number of ether oxygens (including phenoxy) is 2. The Kier molecular flexibility index (Phi) is 5.35. The molecule has 3 aromatic carbocycles. The third kappa shape index (κ3) is 3.70. The van der Waals surface area contributed by atoms with Gasteiger partial charge in [-0.3, -0.25) is 9.36 Å². The fourth-order valence-electron chi connectivity index (χ4n) is 3.33. The van der Waals surface area contributed by atoms with E-state index in [1.165, 1.54) is 0 Å². The highest BCUT2D eigenvalue weighted by molar-refractivity contribution is 5.80. The molecule has 0 atom stereocenters. The van der Waals surface area contributed by atoms with Crippen molar-refractivity contribution in [2.45, 2.75) is 6.92 Å². The van der Waals surface area contributed by atoms with Crippen molar-refractivity contribution in [2.24, 2.45) is 0 Å². The Hall–Kier alpha value is -3.86. The monoisotopic (exact) mass is 398 g/mol. The quantitative estimate of drug-likeness (QED) is 0.481. The van der Waals surface area contributed by atoms with Crippen molar-refractivity contribution in [3.05, 3.63) is 94.0 Å². The summed E-state index contributed by atoms with van der Waals surface area (Å²) in [6, 6.07) is 20.9. The van der Waals surface area contributed by atoms with Gasteiger partial charge in [-0.1, -0.05) is 42.0 Å². The van der Waals surface area contributed by atoms with Gasteiger partial charge in [0.1, 0.15) is 5.82 Å². The Labute approximate surface area is 174 Å². The molecule has 1 aromatic heterocycles. The van der Waals surface area contributed by atoms with E-state index in [0.29, 0.717) is 28.2 Å². The second-order valence-electron chi connectivity index (χ2n) is 6.91. The Bertz CT molecular complexity index is 1290. The lowest BCUT2D eigenvalue weighted by Crippen LogP contribution is -2.22. The van der Waals surface area contributed by atoms with E-state index in [1.807, 2.05) is 79.7 Å². The number of fused-ring (bicyclic) bond motifs is 1. The predicted molar refractivity (Wildman–Crippen MR) is 121 cm³/mol. The summed E-state index contributed by atoms with van der Waals surface area (Å²) in [5, 5.41) is 0.585. The minimum Gasteiger partial charge on any atom is -0.493 e. The van der Waals surface area contributed by atoms with Crippen molar-refractivity contribution < 1.29 is 9.47 Å². The van der Waals surface area contributed by atoms with Gasteiger partial charge in [0.25, 0.3) is 5.56 Å². The van der Waals surface area contributed by atoms with Crippen molar-refractivity contribution in [1.29, 1.82) is 0 Å². The Morgan fingerprint density at radius 1 is 0.867 bits per heavy atom. The molecule has 0 aliphatic heterocycles. The molecule has 30 heavy (non-hydrogen) atoms. The molecule has 150 valence electrons. The highest BCUT2D eigenvalue weighted by Gasteiger charge is 2.11. The zero-order chi connectivity index (χ0) is 21.1. The Balaban J connectivity index is 1.87. The van der Waals surface area contributed by atoms with Gasteiger partial charge in [0.15, 0.2) is 11.5 Å². The van der Waals surface area contributed by atoms with Gasteiger partial charge in [0.2, 0.25) is 0 Å². The molecule has 4 aromatic rings. The van der Waals surface area contributed by atoms with Crippen LogP contribution in [0.5, 0.6) is 11.5 Å². The number of aryl methyl sites for hydroxylation is 1. The summed E-state index contributed by atoms with van der Waals surface area (Å²) in [5.74, 6) is 1.86. The van der Waals surface area contributed by atoms with Crippen LogP contribution in [0.3, 0.4) is 0 Å². The van der Waals surface area contributed by atoms with Crippen molar-refractivity contribution in [3.63, 3.8) is 0 Å². The number of para-hydroxylation sites is 1. The Morgan fingerprint density at radius 3 is 2.33 bits per heavy atom. The van der Waals surface area contributed by atoms with E-state index < -0.39 is 0 Å². The molecule has 0 radical (unpaired) electrons. The van der Waals surface area contributed by atoms with E-state index in [4.69, 9.17) is 14.5 Å². The van der Waals surface area contributed by atoms with Crippen LogP contribution in [-0.2, 0) is 0 Å². The maximum Gasteiger partial charge on any atom is 0.266 e. The summed E-state index contributed by atoms with van der Waals surface area (Å²) in [4.78, 5) is 18.0. The fourth-order valence-corrected chi connectivity index (χ4v) is 3.33. The first kappa shape index (κ1) is 19.5. The third-order valence-corrected chi connectivity index (χ3v) is 4.93. The molecule has 0 saturated heterocycles. The first-order chi connectivity index (χ1) is 14.6. The highest BCUT2D eigenvalue weighted by atomic mass is 16.5. The van der Waals surface area contributed by atoms with Crippen LogP contribution in [0, 0.1) is 6.92 Å². The lowest BCUT2D eigenvalue weighted by molar-refractivity contribution is 0.355. The zero-order valence-corrected chi connectivity index (χ0v) is 17.1. The molecular formula is C25H22N2O3. The molecule has 5 heteroatoms. The van der Waals surface area contributed by atoms with E-state index in [2.05, 4.69) is 0 Å². The molecule has 0 amide bonds. The number of methoxy groups -OCH3 is 2. The molecule has 0 unspecified atom stereocenters. The Morgan fingerprint density at radius 2 is 1.60 bits per heavy atom. The van der Waals surface area contributed by atoms with Gasteiger partial charge in [-0.2, -0.15) is 0 Å². The lowest BCUT2D eigenvalue weighted by atomic mass is 10.1. The summed E-state index contributed by atoms with van der Waals surface area (Å²) in [6.07, 6.45) is 3.75. The summed E-state index contributed by atoms with van der Waals surface area (Å²) < 4.78 is 12.3. The summed E-state index contributed by atoms with van der Waals surface area (Å²) in [7, 11) is 3.21. The van der Waals surface area contributed by atoms with Gasteiger partial charge < -0.3 is 9.47 Å². The van der Waals surface area contributed by atoms with Crippen LogP contribution >= 0.6 is 0 Å². The number of benzene rings is 3. The maximum atomic E-state index is 13.3. The lowest BCUT2D eigenvalue weighted by Gasteiger charge is -2.12. The predicted octanol–water partition coefficient (Wildman–Crippen LogP) is 4.88. The SMILES string of the molecule is COc1ccc(/C=C/c2nc3ccccc3c(=O)n2-c2ccc(C)cc2)cc1OC. The molecule has 0 bridgehead atoms. The van der Waals surface area contributed by atoms with Gasteiger partial charge in [0, 0.05) is 0 Å². The molecule has 1 heterocycles. The molecule has 0 aliphatic carbocycles. The van der Waals surface area contributed by atoms with Gasteiger partial charge in [0.05, 0.1) is 30.8 Å². The van der Waals surface area contributed by atoms with E-state index in [-0.39, 0.29) is 5.56 Å². The van der Waals surface area contributed by atoms with Gasteiger partial charge in [-0.15, -0.1) is 0 Å². The van der Waals surface area contributed by atoms with E-state index in [1.54, 1.807) is 24.9 Å². The minimum absolute atomic E-state index is 0.101.